The number of aromatic nitrogens is 3. The van der Waals surface area contributed by atoms with Crippen LogP contribution in [0.4, 0.5) is 4.39 Å². The number of fused-ring (bicyclic) bond motifs is 1. The maximum Gasteiger partial charge on any atom is 0.343 e. The molecule has 98 valence electrons. The average molecular weight is 263 g/mol. The van der Waals surface area contributed by atoms with Crippen molar-refractivity contribution in [2.24, 2.45) is 0 Å². The lowest BCUT2D eigenvalue weighted by Gasteiger charge is -2.14. The van der Waals surface area contributed by atoms with Gasteiger partial charge < -0.3 is 9.84 Å². The van der Waals surface area contributed by atoms with Gasteiger partial charge in [0.05, 0.1) is 12.2 Å². The summed E-state index contributed by atoms with van der Waals surface area (Å²) >= 11 is 0. The summed E-state index contributed by atoms with van der Waals surface area (Å²) in [4.78, 5) is 14.9. The van der Waals surface area contributed by atoms with Gasteiger partial charge in [-0.05, 0) is 12.1 Å². The van der Waals surface area contributed by atoms with Crippen molar-refractivity contribution in [3.63, 3.8) is 0 Å². The number of halogens is 1. The van der Waals surface area contributed by atoms with Gasteiger partial charge in [-0.2, -0.15) is 9.49 Å². The molecule has 0 spiro atoms. The van der Waals surface area contributed by atoms with Crippen LogP contribution in [0.15, 0.2) is 18.3 Å². The lowest BCUT2D eigenvalue weighted by molar-refractivity contribution is 0.0690. The fourth-order valence-electron chi connectivity index (χ4n) is 2.07. The van der Waals surface area contributed by atoms with Gasteiger partial charge in [0, 0.05) is 19.2 Å². The third-order valence-electron chi connectivity index (χ3n) is 2.89. The number of aromatic carboxylic acids is 1. The summed E-state index contributed by atoms with van der Waals surface area (Å²) in [5.74, 6) is -1.76. The molecule has 0 amide bonds. The zero-order chi connectivity index (χ0) is 13.4. The van der Waals surface area contributed by atoms with Crippen LogP contribution in [0.5, 0.6) is 5.88 Å². The Hall–Kier alpha value is -2.44. The Bertz CT molecular complexity index is 654. The molecule has 0 aliphatic carbocycles. The van der Waals surface area contributed by atoms with Gasteiger partial charge in [-0.1, -0.05) is 0 Å². The van der Waals surface area contributed by atoms with E-state index in [0.717, 1.165) is 6.42 Å². The van der Waals surface area contributed by atoms with Crippen LogP contribution in [-0.2, 0) is 6.54 Å². The van der Waals surface area contributed by atoms with E-state index in [4.69, 9.17) is 4.74 Å². The van der Waals surface area contributed by atoms with Crippen molar-refractivity contribution in [3.05, 3.63) is 29.8 Å². The molecule has 1 aliphatic heterocycles. The summed E-state index contributed by atoms with van der Waals surface area (Å²) in [6.45, 7) is 0.985. The Morgan fingerprint density at radius 2 is 2.37 bits per heavy atom. The number of carbonyl (C=O) groups is 1. The Labute approximate surface area is 107 Å². The standard InChI is InChI=1S/C12H10FN3O3/c13-10-7(3-1-4-14-10)9-8(12(17)18)11-16(15-9)5-2-6-19-11/h1,3-4H,2,5-6H2,(H,17,18). The number of carboxylic acid groups (broad SMARTS) is 1. The van der Waals surface area contributed by atoms with Crippen molar-refractivity contribution >= 4 is 5.97 Å². The summed E-state index contributed by atoms with van der Waals surface area (Å²) in [6.07, 6.45) is 2.04. The van der Waals surface area contributed by atoms with Crippen molar-refractivity contribution in [2.45, 2.75) is 13.0 Å². The molecule has 0 radical (unpaired) electrons. The highest BCUT2D eigenvalue weighted by Crippen LogP contribution is 2.33. The zero-order valence-corrected chi connectivity index (χ0v) is 9.84. The second-order valence-electron chi connectivity index (χ2n) is 4.10. The smallest absolute Gasteiger partial charge is 0.343 e. The highest BCUT2D eigenvalue weighted by molar-refractivity contribution is 5.97. The molecular formula is C12H10FN3O3. The predicted molar refractivity (Wildman–Crippen MR) is 62.5 cm³/mol. The van der Waals surface area contributed by atoms with Crippen molar-refractivity contribution in [1.82, 2.24) is 14.8 Å². The van der Waals surface area contributed by atoms with Crippen LogP contribution in [0, 0.1) is 5.95 Å². The van der Waals surface area contributed by atoms with Crippen LogP contribution >= 0.6 is 0 Å². The molecule has 0 saturated heterocycles. The lowest BCUT2D eigenvalue weighted by Crippen LogP contribution is -2.16. The van der Waals surface area contributed by atoms with E-state index < -0.39 is 11.9 Å². The van der Waals surface area contributed by atoms with Crippen LogP contribution in [0.3, 0.4) is 0 Å². The normalized spacial score (nSPS) is 13.7. The molecule has 1 N–H and O–H groups in total. The molecular weight excluding hydrogens is 253 g/mol. The van der Waals surface area contributed by atoms with Gasteiger partial charge in [0.25, 0.3) is 0 Å². The minimum absolute atomic E-state index is 0.0509. The van der Waals surface area contributed by atoms with Gasteiger partial charge in [-0.3, -0.25) is 0 Å². The van der Waals surface area contributed by atoms with E-state index in [9.17, 15) is 14.3 Å². The molecule has 2 aromatic heterocycles. The molecule has 3 rings (SSSR count). The number of ether oxygens (including phenoxy) is 1. The molecule has 0 bridgehead atoms. The Morgan fingerprint density at radius 1 is 1.53 bits per heavy atom. The number of carboxylic acids is 1. The quantitative estimate of drug-likeness (QED) is 0.832. The van der Waals surface area contributed by atoms with E-state index in [-0.39, 0.29) is 22.7 Å². The number of hydrogen-bond acceptors (Lipinski definition) is 4. The van der Waals surface area contributed by atoms with Crippen molar-refractivity contribution < 1.29 is 19.0 Å². The largest absolute Gasteiger partial charge is 0.477 e. The zero-order valence-electron chi connectivity index (χ0n) is 9.84. The Balaban J connectivity index is 2.24. The molecule has 2 aromatic rings. The summed E-state index contributed by atoms with van der Waals surface area (Å²) in [5, 5.41) is 13.4. The Morgan fingerprint density at radius 3 is 3.11 bits per heavy atom. The van der Waals surface area contributed by atoms with E-state index in [2.05, 4.69) is 10.1 Å². The topological polar surface area (TPSA) is 77.2 Å². The van der Waals surface area contributed by atoms with Crippen LogP contribution in [-0.4, -0.2) is 32.4 Å². The van der Waals surface area contributed by atoms with Crippen molar-refractivity contribution in [1.29, 1.82) is 0 Å². The number of pyridine rings is 1. The number of aryl methyl sites for hydroxylation is 1. The van der Waals surface area contributed by atoms with E-state index in [0.29, 0.717) is 13.2 Å². The molecule has 3 heterocycles. The summed E-state index contributed by atoms with van der Waals surface area (Å²) < 4.78 is 20.5. The second kappa shape index (κ2) is 4.34. The van der Waals surface area contributed by atoms with Crippen LogP contribution in [0.2, 0.25) is 0 Å². The number of rotatable bonds is 2. The van der Waals surface area contributed by atoms with Crippen LogP contribution < -0.4 is 4.74 Å². The highest BCUT2D eigenvalue weighted by Gasteiger charge is 2.29. The molecule has 0 atom stereocenters. The second-order valence-corrected chi connectivity index (χ2v) is 4.10. The Kier molecular flexibility index (Phi) is 2.66. The highest BCUT2D eigenvalue weighted by atomic mass is 19.1. The maximum atomic E-state index is 13.7. The first-order valence-electron chi connectivity index (χ1n) is 5.76. The molecule has 7 heteroatoms. The van der Waals surface area contributed by atoms with Crippen molar-refractivity contribution in [2.75, 3.05) is 6.61 Å². The fraction of sp³-hybridized carbons (Fsp3) is 0.250. The lowest BCUT2D eigenvalue weighted by atomic mass is 10.1. The van der Waals surface area contributed by atoms with E-state index in [1.807, 2.05) is 0 Å². The van der Waals surface area contributed by atoms with Crippen LogP contribution in [0.25, 0.3) is 11.3 Å². The molecule has 0 aromatic carbocycles. The van der Waals surface area contributed by atoms with E-state index >= 15 is 0 Å². The number of nitrogens with zero attached hydrogens (tertiary/aromatic N) is 3. The third-order valence-corrected chi connectivity index (χ3v) is 2.89. The maximum absolute atomic E-state index is 13.7. The predicted octanol–water partition coefficient (Wildman–Crippen LogP) is 1.56. The molecule has 1 aliphatic rings. The first kappa shape index (κ1) is 11.6. The first-order valence-corrected chi connectivity index (χ1v) is 5.76. The van der Waals surface area contributed by atoms with Gasteiger partial charge in [0.2, 0.25) is 11.8 Å². The molecule has 19 heavy (non-hydrogen) atoms. The summed E-state index contributed by atoms with van der Waals surface area (Å²) in [7, 11) is 0. The van der Waals surface area contributed by atoms with Gasteiger partial charge >= 0.3 is 5.97 Å². The van der Waals surface area contributed by atoms with Gasteiger partial charge in [0.15, 0.2) is 0 Å². The van der Waals surface area contributed by atoms with E-state index in [1.54, 1.807) is 0 Å². The minimum atomic E-state index is -1.19. The van der Waals surface area contributed by atoms with E-state index in [1.165, 1.54) is 23.0 Å². The molecule has 0 fully saturated rings. The minimum Gasteiger partial charge on any atom is -0.477 e. The van der Waals surface area contributed by atoms with Gasteiger partial charge in [-0.25, -0.2) is 14.5 Å². The third kappa shape index (κ3) is 1.83. The molecule has 0 unspecified atom stereocenters. The molecule has 6 nitrogen and oxygen atoms in total. The van der Waals surface area contributed by atoms with Gasteiger partial charge in [-0.15, -0.1) is 0 Å². The van der Waals surface area contributed by atoms with Crippen molar-refractivity contribution in [3.8, 4) is 17.1 Å². The number of hydrogen-bond donors (Lipinski definition) is 1. The average Bonchev–Trinajstić information content (AvgIpc) is 2.78. The molecule has 0 saturated carbocycles. The summed E-state index contributed by atoms with van der Waals surface area (Å²) in [5.41, 5.74) is -0.00741. The fourth-order valence-corrected chi connectivity index (χ4v) is 2.07. The monoisotopic (exact) mass is 263 g/mol. The summed E-state index contributed by atoms with van der Waals surface area (Å²) in [6, 6.07) is 2.98. The van der Waals surface area contributed by atoms with Gasteiger partial charge in [0.1, 0.15) is 11.3 Å². The first-order chi connectivity index (χ1) is 9.18. The van der Waals surface area contributed by atoms with Crippen LogP contribution in [0.1, 0.15) is 16.8 Å². The SMILES string of the molecule is O=C(O)c1c(-c2cccnc2F)nn2c1OCCC2.